The van der Waals surface area contributed by atoms with Gasteiger partial charge in [-0.15, -0.1) is 6.58 Å². The summed E-state index contributed by atoms with van der Waals surface area (Å²) in [6, 6.07) is 10.5. The van der Waals surface area contributed by atoms with Gasteiger partial charge in [-0.2, -0.15) is 0 Å². The molecule has 1 aromatic heterocycles. The Morgan fingerprint density at radius 1 is 1.21 bits per heavy atom. The molecule has 1 fully saturated rings. The van der Waals surface area contributed by atoms with Gasteiger partial charge in [0, 0.05) is 30.7 Å². The number of hydrogen-bond acceptors (Lipinski definition) is 3. The van der Waals surface area contributed by atoms with E-state index in [0.717, 1.165) is 36.7 Å². The molecule has 0 saturated carbocycles. The molecule has 19 heavy (non-hydrogen) atoms. The summed E-state index contributed by atoms with van der Waals surface area (Å²) in [6.45, 7) is 6.77. The van der Waals surface area contributed by atoms with Gasteiger partial charge in [-0.25, -0.2) is 4.98 Å². The fraction of sp³-hybridized carbons (Fsp3) is 0.312. The summed E-state index contributed by atoms with van der Waals surface area (Å²) in [5.41, 5.74) is 2.18. The zero-order valence-electron chi connectivity index (χ0n) is 11.1. The Kier molecular flexibility index (Phi) is 3.36. The predicted molar refractivity (Wildman–Crippen MR) is 81.9 cm³/mol. The minimum atomic E-state index is 0.771. The van der Waals surface area contributed by atoms with Crippen molar-refractivity contribution in [2.75, 3.05) is 29.9 Å². The molecule has 0 unspecified atom stereocenters. The molecular weight excluding hydrogens is 234 g/mol. The van der Waals surface area contributed by atoms with E-state index >= 15 is 0 Å². The lowest BCUT2D eigenvalue weighted by molar-refractivity contribution is 0.944. The second-order valence-electron chi connectivity index (χ2n) is 4.91. The Balaban J connectivity index is 1.97. The first-order valence-electron chi connectivity index (χ1n) is 6.88. The number of nitrogens with one attached hydrogen (secondary N) is 1. The molecule has 0 aliphatic carbocycles. The molecule has 98 valence electrons. The van der Waals surface area contributed by atoms with E-state index < -0.39 is 0 Å². The van der Waals surface area contributed by atoms with Gasteiger partial charge in [0.1, 0.15) is 5.82 Å². The Labute approximate surface area is 114 Å². The van der Waals surface area contributed by atoms with Crippen molar-refractivity contribution in [3.63, 3.8) is 0 Å². The summed E-state index contributed by atoms with van der Waals surface area (Å²) in [4.78, 5) is 7.15. The van der Waals surface area contributed by atoms with Crippen LogP contribution in [0.25, 0.3) is 10.9 Å². The maximum atomic E-state index is 4.79. The predicted octanol–water partition coefficient (Wildman–Crippen LogP) is 3.43. The van der Waals surface area contributed by atoms with E-state index in [0.29, 0.717) is 0 Å². The molecule has 0 spiro atoms. The molecule has 0 radical (unpaired) electrons. The van der Waals surface area contributed by atoms with Crippen molar-refractivity contribution in [3.05, 3.63) is 43.0 Å². The molecule has 0 atom stereocenters. The molecule has 1 saturated heterocycles. The molecule has 1 N–H and O–H groups in total. The molecule has 3 nitrogen and oxygen atoms in total. The molecule has 1 aliphatic heterocycles. The number of rotatable bonds is 4. The van der Waals surface area contributed by atoms with Crippen LogP contribution >= 0.6 is 0 Å². The fourth-order valence-corrected chi connectivity index (χ4v) is 2.60. The average Bonchev–Trinajstić information content (AvgIpc) is 2.98. The fourth-order valence-electron chi connectivity index (χ4n) is 2.60. The summed E-state index contributed by atoms with van der Waals surface area (Å²) in [6.07, 6.45) is 4.42. The van der Waals surface area contributed by atoms with Crippen LogP contribution in [0.4, 0.5) is 11.5 Å². The van der Waals surface area contributed by atoms with Crippen molar-refractivity contribution in [1.29, 1.82) is 0 Å². The highest BCUT2D eigenvalue weighted by molar-refractivity contribution is 5.92. The molecular formula is C16H19N3. The third kappa shape index (κ3) is 2.41. The van der Waals surface area contributed by atoms with E-state index in [9.17, 15) is 0 Å². The van der Waals surface area contributed by atoms with Gasteiger partial charge in [0.05, 0.1) is 5.52 Å². The van der Waals surface area contributed by atoms with Crippen molar-refractivity contribution in [2.24, 2.45) is 0 Å². The highest BCUT2D eigenvalue weighted by atomic mass is 15.2. The van der Waals surface area contributed by atoms with E-state index in [-0.39, 0.29) is 0 Å². The molecule has 2 heterocycles. The first kappa shape index (κ1) is 12.0. The zero-order valence-corrected chi connectivity index (χ0v) is 11.1. The van der Waals surface area contributed by atoms with Crippen molar-refractivity contribution in [2.45, 2.75) is 12.8 Å². The number of nitrogens with zero attached hydrogens (tertiary/aromatic N) is 2. The lowest BCUT2D eigenvalue weighted by Crippen LogP contribution is -2.18. The zero-order chi connectivity index (χ0) is 13.1. The van der Waals surface area contributed by atoms with E-state index in [1.165, 1.54) is 18.2 Å². The summed E-state index contributed by atoms with van der Waals surface area (Å²) >= 11 is 0. The van der Waals surface area contributed by atoms with Crippen LogP contribution in [0, 0.1) is 0 Å². The van der Waals surface area contributed by atoms with Crippen LogP contribution in [0.15, 0.2) is 43.0 Å². The molecule has 0 bridgehead atoms. The summed E-state index contributed by atoms with van der Waals surface area (Å²) < 4.78 is 0. The van der Waals surface area contributed by atoms with E-state index in [1.54, 1.807) is 0 Å². The maximum Gasteiger partial charge on any atom is 0.129 e. The third-order valence-corrected chi connectivity index (χ3v) is 3.58. The molecule has 3 heteroatoms. The number of aromatic nitrogens is 1. The van der Waals surface area contributed by atoms with Crippen molar-refractivity contribution in [3.8, 4) is 0 Å². The van der Waals surface area contributed by atoms with Crippen LogP contribution in [0.5, 0.6) is 0 Å². The quantitative estimate of drug-likeness (QED) is 0.846. The van der Waals surface area contributed by atoms with Crippen molar-refractivity contribution < 1.29 is 0 Å². The third-order valence-electron chi connectivity index (χ3n) is 3.58. The smallest absolute Gasteiger partial charge is 0.129 e. The van der Waals surface area contributed by atoms with E-state index in [1.807, 2.05) is 6.08 Å². The molecule has 1 aliphatic rings. The topological polar surface area (TPSA) is 28.2 Å². The van der Waals surface area contributed by atoms with Crippen LogP contribution in [-0.2, 0) is 0 Å². The highest BCUT2D eigenvalue weighted by Crippen LogP contribution is 2.26. The van der Waals surface area contributed by atoms with Crippen molar-refractivity contribution >= 4 is 22.4 Å². The van der Waals surface area contributed by atoms with Crippen LogP contribution in [0.1, 0.15) is 12.8 Å². The van der Waals surface area contributed by atoms with E-state index in [4.69, 9.17) is 4.98 Å². The van der Waals surface area contributed by atoms with Crippen LogP contribution < -0.4 is 10.2 Å². The highest BCUT2D eigenvalue weighted by Gasteiger charge is 2.14. The van der Waals surface area contributed by atoms with E-state index in [2.05, 4.69) is 47.1 Å². The second kappa shape index (κ2) is 5.31. The molecule has 0 amide bonds. The van der Waals surface area contributed by atoms with Crippen LogP contribution in [0.3, 0.4) is 0 Å². The Morgan fingerprint density at radius 3 is 2.84 bits per heavy atom. The molecule has 3 rings (SSSR count). The van der Waals surface area contributed by atoms with Gasteiger partial charge in [0.25, 0.3) is 0 Å². The minimum Gasteiger partial charge on any atom is -0.381 e. The lowest BCUT2D eigenvalue weighted by atomic mass is 10.1. The van der Waals surface area contributed by atoms with Gasteiger partial charge in [-0.3, -0.25) is 0 Å². The number of benzene rings is 1. The van der Waals surface area contributed by atoms with Crippen LogP contribution in [0.2, 0.25) is 0 Å². The average molecular weight is 253 g/mol. The second-order valence-corrected chi connectivity index (χ2v) is 4.91. The van der Waals surface area contributed by atoms with Crippen LogP contribution in [-0.4, -0.2) is 24.6 Å². The monoisotopic (exact) mass is 253 g/mol. The van der Waals surface area contributed by atoms with Gasteiger partial charge in [0.15, 0.2) is 0 Å². The molecule has 1 aromatic carbocycles. The Hall–Kier alpha value is -2.03. The summed E-state index contributed by atoms with van der Waals surface area (Å²) in [7, 11) is 0. The maximum absolute atomic E-state index is 4.79. The standard InChI is InChI=1S/C16H19N3/c1-2-10-17-14-6-5-7-15-13(14)8-9-16(18-15)19-11-3-4-12-19/h2,5-9,17H,1,3-4,10-12H2. The number of hydrogen-bond donors (Lipinski definition) is 1. The van der Waals surface area contributed by atoms with Gasteiger partial charge < -0.3 is 10.2 Å². The van der Waals surface area contributed by atoms with Gasteiger partial charge >= 0.3 is 0 Å². The number of fused-ring (bicyclic) bond motifs is 1. The summed E-state index contributed by atoms with van der Waals surface area (Å²) in [5, 5.41) is 4.53. The largest absolute Gasteiger partial charge is 0.381 e. The van der Waals surface area contributed by atoms with Gasteiger partial charge in [0.2, 0.25) is 0 Å². The van der Waals surface area contributed by atoms with Gasteiger partial charge in [-0.1, -0.05) is 12.1 Å². The number of pyridine rings is 1. The minimum absolute atomic E-state index is 0.771. The number of anilines is 2. The van der Waals surface area contributed by atoms with Gasteiger partial charge in [-0.05, 0) is 37.1 Å². The Morgan fingerprint density at radius 2 is 2.05 bits per heavy atom. The first-order chi connectivity index (χ1) is 9.38. The first-order valence-corrected chi connectivity index (χ1v) is 6.88. The normalized spacial score (nSPS) is 14.8. The molecule has 2 aromatic rings. The summed E-state index contributed by atoms with van der Waals surface area (Å²) in [5.74, 6) is 1.10. The Bertz CT molecular complexity index is 586. The lowest BCUT2D eigenvalue weighted by Gasteiger charge is -2.17. The SMILES string of the molecule is C=CCNc1cccc2nc(N3CCCC3)ccc12. The van der Waals surface area contributed by atoms with Crippen molar-refractivity contribution in [1.82, 2.24) is 4.98 Å².